The van der Waals surface area contributed by atoms with Gasteiger partial charge in [0.2, 0.25) is 0 Å². The molecular weight excluding hydrogens is 264 g/mol. The maximum atomic E-state index is 11.7. The minimum Gasteiger partial charge on any atom is -0.481 e. The normalized spacial score (nSPS) is 12.8. The van der Waals surface area contributed by atoms with E-state index in [1.807, 2.05) is 32.5 Å². The van der Waals surface area contributed by atoms with Gasteiger partial charge in [0.1, 0.15) is 0 Å². The molecule has 0 saturated heterocycles. The number of carboxylic acids is 1. The van der Waals surface area contributed by atoms with Crippen molar-refractivity contribution >= 4 is 23.8 Å². The number of urea groups is 1. The van der Waals surface area contributed by atoms with Gasteiger partial charge in [-0.15, -0.1) is 0 Å². The molecule has 1 atom stereocenters. The zero-order valence-electron chi connectivity index (χ0n) is 12.3. The van der Waals surface area contributed by atoms with Crippen molar-refractivity contribution in [2.24, 2.45) is 5.41 Å². The summed E-state index contributed by atoms with van der Waals surface area (Å²) in [6, 6.07) is -0.669. The molecule has 0 heterocycles. The molecule has 0 aliphatic carbocycles. The first-order valence-corrected chi connectivity index (χ1v) is 7.76. The maximum Gasteiger partial charge on any atom is 0.315 e. The van der Waals surface area contributed by atoms with E-state index < -0.39 is 5.97 Å². The number of aliphatic carboxylic acids is 1. The SMILES string of the molecule is CCSCCCNC(=O)NC(CC(=O)O)C(C)(C)C. The molecular formula is C13H26N2O3S. The Balaban J connectivity index is 4.07. The second-order valence-corrected chi connectivity index (χ2v) is 6.86. The molecule has 5 nitrogen and oxygen atoms in total. The minimum atomic E-state index is -0.903. The van der Waals surface area contributed by atoms with Gasteiger partial charge in [-0.3, -0.25) is 4.79 Å². The van der Waals surface area contributed by atoms with E-state index in [2.05, 4.69) is 17.6 Å². The molecule has 0 aromatic carbocycles. The second-order valence-electron chi connectivity index (χ2n) is 5.47. The molecule has 0 aromatic heterocycles. The van der Waals surface area contributed by atoms with Gasteiger partial charge in [0.25, 0.3) is 0 Å². The number of hydrogen-bond acceptors (Lipinski definition) is 3. The summed E-state index contributed by atoms with van der Waals surface area (Å²) in [5, 5.41) is 14.4. The van der Waals surface area contributed by atoms with Crippen LogP contribution in [0.15, 0.2) is 0 Å². The van der Waals surface area contributed by atoms with Crippen LogP contribution in [0.2, 0.25) is 0 Å². The van der Waals surface area contributed by atoms with Crippen LogP contribution in [0.25, 0.3) is 0 Å². The molecule has 19 heavy (non-hydrogen) atoms. The second kappa shape index (κ2) is 9.07. The molecule has 2 amide bonds. The summed E-state index contributed by atoms with van der Waals surface area (Å²) in [6.45, 7) is 8.46. The van der Waals surface area contributed by atoms with Crippen LogP contribution in [0.5, 0.6) is 0 Å². The van der Waals surface area contributed by atoms with Crippen LogP contribution in [0.3, 0.4) is 0 Å². The van der Waals surface area contributed by atoms with Crippen molar-refractivity contribution in [2.45, 2.75) is 46.6 Å². The van der Waals surface area contributed by atoms with Gasteiger partial charge in [0, 0.05) is 12.6 Å². The quantitative estimate of drug-likeness (QED) is 0.599. The number of carbonyl (C=O) groups excluding carboxylic acids is 1. The fourth-order valence-electron chi connectivity index (χ4n) is 1.48. The molecule has 0 spiro atoms. The van der Waals surface area contributed by atoms with Crippen molar-refractivity contribution in [1.82, 2.24) is 10.6 Å². The molecule has 0 radical (unpaired) electrons. The Labute approximate surface area is 119 Å². The van der Waals surface area contributed by atoms with Crippen molar-refractivity contribution < 1.29 is 14.7 Å². The molecule has 0 rings (SSSR count). The number of carbonyl (C=O) groups is 2. The molecule has 0 saturated carbocycles. The maximum absolute atomic E-state index is 11.7. The Morgan fingerprint density at radius 1 is 1.32 bits per heavy atom. The molecule has 1 unspecified atom stereocenters. The van der Waals surface area contributed by atoms with Gasteiger partial charge in [-0.05, 0) is 23.3 Å². The van der Waals surface area contributed by atoms with Crippen LogP contribution < -0.4 is 10.6 Å². The molecule has 0 aliphatic rings. The number of thioether (sulfide) groups is 1. The van der Waals surface area contributed by atoms with Crippen molar-refractivity contribution in [3.05, 3.63) is 0 Å². The summed E-state index contributed by atoms with van der Waals surface area (Å²) in [5.41, 5.74) is -0.284. The van der Waals surface area contributed by atoms with Gasteiger partial charge in [0.15, 0.2) is 0 Å². The van der Waals surface area contributed by atoms with E-state index in [-0.39, 0.29) is 23.9 Å². The highest BCUT2D eigenvalue weighted by molar-refractivity contribution is 7.99. The Hall–Kier alpha value is -0.910. The van der Waals surface area contributed by atoms with Crippen molar-refractivity contribution in [3.8, 4) is 0 Å². The zero-order chi connectivity index (χ0) is 14.9. The fraction of sp³-hybridized carbons (Fsp3) is 0.846. The van der Waals surface area contributed by atoms with E-state index in [1.165, 1.54) is 0 Å². The van der Waals surface area contributed by atoms with Gasteiger partial charge in [-0.1, -0.05) is 27.7 Å². The standard InChI is InChI=1S/C13H26N2O3S/c1-5-19-8-6-7-14-12(18)15-10(9-11(16)17)13(2,3)4/h10H,5-9H2,1-4H3,(H,16,17)(H2,14,15,18). The number of carboxylic acid groups (broad SMARTS) is 1. The summed E-state index contributed by atoms with van der Waals surface area (Å²) in [5.74, 6) is 1.20. The average Bonchev–Trinajstić information content (AvgIpc) is 2.26. The smallest absolute Gasteiger partial charge is 0.315 e. The van der Waals surface area contributed by atoms with Gasteiger partial charge in [-0.25, -0.2) is 4.79 Å². The molecule has 0 aromatic rings. The predicted octanol–water partition coefficient (Wildman–Crippen LogP) is 2.32. The molecule has 0 bridgehead atoms. The molecule has 3 N–H and O–H groups in total. The molecule has 112 valence electrons. The Morgan fingerprint density at radius 3 is 2.42 bits per heavy atom. The number of rotatable bonds is 8. The summed E-state index contributed by atoms with van der Waals surface area (Å²) in [4.78, 5) is 22.5. The Bertz CT molecular complexity index is 290. The number of hydrogen-bond donors (Lipinski definition) is 3. The van der Waals surface area contributed by atoms with Crippen LogP contribution in [0.1, 0.15) is 40.5 Å². The lowest BCUT2D eigenvalue weighted by Gasteiger charge is -2.30. The molecule has 6 heteroatoms. The third-order valence-electron chi connectivity index (χ3n) is 2.68. The first-order valence-electron chi connectivity index (χ1n) is 6.61. The summed E-state index contributed by atoms with van der Waals surface area (Å²) in [6.07, 6.45) is 0.855. The van der Waals surface area contributed by atoms with E-state index in [9.17, 15) is 9.59 Å². The van der Waals surface area contributed by atoms with Gasteiger partial charge in [-0.2, -0.15) is 11.8 Å². The summed E-state index contributed by atoms with van der Waals surface area (Å²) >= 11 is 1.84. The average molecular weight is 290 g/mol. The van der Waals surface area contributed by atoms with Gasteiger partial charge >= 0.3 is 12.0 Å². The largest absolute Gasteiger partial charge is 0.481 e. The Kier molecular flexibility index (Phi) is 8.63. The van der Waals surface area contributed by atoms with E-state index >= 15 is 0 Å². The number of nitrogens with one attached hydrogen (secondary N) is 2. The lowest BCUT2D eigenvalue weighted by molar-refractivity contribution is -0.138. The Morgan fingerprint density at radius 2 is 1.95 bits per heavy atom. The van der Waals surface area contributed by atoms with Gasteiger partial charge in [0.05, 0.1) is 6.42 Å². The van der Waals surface area contributed by atoms with E-state index in [0.717, 1.165) is 17.9 Å². The van der Waals surface area contributed by atoms with Crippen molar-refractivity contribution in [1.29, 1.82) is 0 Å². The molecule has 0 aliphatic heterocycles. The summed E-state index contributed by atoms with van der Waals surface area (Å²) in [7, 11) is 0. The first-order chi connectivity index (χ1) is 8.77. The lowest BCUT2D eigenvalue weighted by atomic mass is 9.85. The van der Waals surface area contributed by atoms with Crippen LogP contribution >= 0.6 is 11.8 Å². The van der Waals surface area contributed by atoms with E-state index in [0.29, 0.717) is 6.54 Å². The van der Waals surface area contributed by atoms with Gasteiger partial charge < -0.3 is 15.7 Å². The van der Waals surface area contributed by atoms with Crippen LogP contribution in [0.4, 0.5) is 4.79 Å². The van der Waals surface area contributed by atoms with Crippen LogP contribution in [-0.4, -0.2) is 41.2 Å². The highest BCUT2D eigenvalue weighted by atomic mass is 32.2. The summed E-state index contributed by atoms with van der Waals surface area (Å²) < 4.78 is 0. The van der Waals surface area contributed by atoms with E-state index in [1.54, 1.807) is 0 Å². The topological polar surface area (TPSA) is 78.4 Å². The molecule has 0 fully saturated rings. The number of amides is 2. The third-order valence-corrected chi connectivity index (χ3v) is 3.67. The third kappa shape index (κ3) is 9.64. The predicted molar refractivity (Wildman–Crippen MR) is 79.6 cm³/mol. The monoisotopic (exact) mass is 290 g/mol. The first kappa shape index (κ1) is 18.1. The minimum absolute atomic E-state index is 0.0669. The van der Waals surface area contributed by atoms with E-state index in [4.69, 9.17) is 5.11 Å². The van der Waals surface area contributed by atoms with Crippen molar-refractivity contribution in [2.75, 3.05) is 18.1 Å². The fourth-order valence-corrected chi connectivity index (χ4v) is 2.12. The lowest BCUT2D eigenvalue weighted by Crippen LogP contribution is -2.49. The highest BCUT2D eigenvalue weighted by Gasteiger charge is 2.28. The zero-order valence-corrected chi connectivity index (χ0v) is 13.1. The van der Waals surface area contributed by atoms with Crippen molar-refractivity contribution in [3.63, 3.8) is 0 Å². The highest BCUT2D eigenvalue weighted by Crippen LogP contribution is 2.21. The van der Waals surface area contributed by atoms with Crippen LogP contribution in [0, 0.1) is 5.41 Å². The van der Waals surface area contributed by atoms with Crippen LogP contribution in [-0.2, 0) is 4.79 Å².